The second-order valence-electron chi connectivity index (χ2n) is 9.25. The van der Waals surface area contributed by atoms with Crippen LogP contribution in [-0.4, -0.2) is 73.2 Å². The van der Waals surface area contributed by atoms with Crippen LogP contribution in [-0.2, 0) is 14.8 Å². The fourth-order valence-electron chi connectivity index (χ4n) is 4.28. The van der Waals surface area contributed by atoms with Crippen LogP contribution in [0.2, 0.25) is 0 Å². The molecule has 1 N–H and O–H groups in total. The molecule has 38 heavy (non-hydrogen) atoms. The number of piperazine rings is 1. The van der Waals surface area contributed by atoms with Gasteiger partial charge in [0, 0.05) is 43.6 Å². The number of likely N-dealkylation sites (N-methyl/N-ethyl adjacent to an activating group) is 1. The van der Waals surface area contributed by atoms with Gasteiger partial charge in [-0.1, -0.05) is 17.7 Å². The summed E-state index contributed by atoms with van der Waals surface area (Å²) in [6.45, 7) is 5.41. The Labute approximate surface area is 224 Å². The monoisotopic (exact) mass is 538 g/mol. The van der Waals surface area contributed by atoms with Gasteiger partial charge < -0.3 is 24.6 Å². The summed E-state index contributed by atoms with van der Waals surface area (Å²) in [6, 6.07) is 19.0. The normalized spacial score (nSPS) is 14.2. The van der Waals surface area contributed by atoms with Crippen molar-refractivity contribution < 1.29 is 22.7 Å². The molecule has 9 nitrogen and oxygen atoms in total. The van der Waals surface area contributed by atoms with Crippen LogP contribution in [0.4, 0.5) is 17.1 Å². The molecule has 202 valence electrons. The van der Waals surface area contributed by atoms with Crippen molar-refractivity contribution in [3.8, 4) is 11.5 Å². The number of nitrogens with one attached hydrogen (secondary N) is 1. The highest BCUT2D eigenvalue weighted by molar-refractivity contribution is 7.92. The molecule has 0 bridgehead atoms. The molecule has 0 radical (unpaired) electrons. The van der Waals surface area contributed by atoms with Gasteiger partial charge in [0.1, 0.15) is 6.54 Å². The zero-order valence-electron chi connectivity index (χ0n) is 22.2. The van der Waals surface area contributed by atoms with E-state index in [1.807, 2.05) is 31.2 Å². The number of aryl methyl sites for hydroxylation is 1. The molecular weight excluding hydrogens is 504 g/mol. The third kappa shape index (κ3) is 6.20. The van der Waals surface area contributed by atoms with E-state index in [-0.39, 0.29) is 10.6 Å². The molecule has 0 saturated carbocycles. The SMILES string of the molecule is COc1ccc(S(=O)(=O)N(CC(=O)Nc2ccc(N3CCN(C)CC3)cc2)c2ccc(C)cc2)cc1OC. The summed E-state index contributed by atoms with van der Waals surface area (Å²) < 4.78 is 39.2. The molecule has 1 aliphatic heterocycles. The molecule has 0 aromatic heterocycles. The minimum Gasteiger partial charge on any atom is -0.493 e. The predicted octanol–water partition coefficient (Wildman–Crippen LogP) is 3.60. The number of anilines is 3. The number of sulfonamides is 1. The molecule has 4 rings (SSSR count). The highest BCUT2D eigenvalue weighted by Crippen LogP contribution is 2.32. The number of carbonyl (C=O) groups is 1. The first-order valence-corrected chi connectivity index (χ1v) is 13.8. The highest BCUT2D eigenvalue weighted by atomic mass is 32.2. The number of hydrogen-bond acceptors (Lipinski definition) is 7. The van der Waals surface area contributed by atoms with Crippen LogP contribution in [0.25, 0.3) is 0 Å². The van der Waals surface area contributed by atoms with Crippen LogP contribution in [0, 0.1) is 6.92 Å². The van der Waals surface area contributed by atoms with Gasteiger partial charge in [-0.15, -0.1) is 0 Å². The van der Waals surface area contributed by atoms with Gasteiger partial charge >= 0.3 is 0 Å². The van der Waals surface area contributed by atoms with Gasteiger partial charge in [0.2, 0.25) is 5.91 Å². The van der Waals surface area contributed by atoms with Crippen molar-refractivity contribution >= 4 is 33.0 Å². The number of methoxy groups -OCH3 is 2. The topological polar surface area (TPSA) is 91.4 Å². The van der Waals surface area contributed by atoms with Crippen molar-refractivity contribution in [2.24, 2.45) is 0 Å². The van der Waals surface area contributed by atoms with E-state index in [4.69, 9.17) is 9.47 Å². The van der Waals surface area contributed by atoms with Gasteiger partial charge in [-0.2, -0.15) is 0 Å². The van der Waals surface area contributed by atoms with Gasteiger partial charge in [0.15, 0.2) is 11.5 Å². The van der Waals surface area contributed by atoms with Crippen LogP contribution in [0.15, 0.2) is 71.6 Å². The quantitative estimate of drug-likeness (QED) is 0.445. The Morgan fingerprint density at radius 3 is 2.13 bits per heavy atom. The fourth-order valence-corrected chi connectivity index (χ4v) is 5.72. The van der Waals surface area contributed by atoms with Crippen molar-refractivity contribution in [2.75, 3.05) is 68.5 Å². The minimum absolute atomic E-state index is 0.0138. The summed E-state index contributed by atoms with van der Waals surface area (Å²) in [5.74, 6) is 0.232. The molecule has 10 heteroatoms. The number of hydrogen-bond donors (Lipinski definition) is 1. The summed E-state index contributed by atoms with van der Waals surface area (Å²) in [5, 5.41) is 2.84. The molecular formula is C28H34N4O5S. The van der Waals surface area contributed by atoms with Gasteiger partial charge in [-0.25, -0.2) is 8.42 Å². The fraction of sp³-hybridized carbons (Fsp3) is 0.321. The third-order valence-corrected chi connectivity index (χ3v) is 8.34. The van der Waals surface area contributed by atoms with Crippen LogP contribution < -0.4 is 24.0 Å². The van der Waals surface area contributed by atoms with Crippen molar-refractivity contribution in [2.45, 2.75) is 11.8 Å². The van der Waals surface area contributed by atoms with Crippen molar-refractivity contribution in [1.82, 2.24) is 4.90 Å². The van der Waals surface area contributed by atoms with E-state index in [9.17, 15) is 13.2 Å². The van der Waals surface area contributed by atoms with Crippen LogP contribution in [0.3, 0.4) is 0 Å². The lowest BCUT2D eigenvalue weighted by Crippen LogP contribution is -2.44. The van der Waals surface area contributed by atoms with E-state index >= 15 is 0 Å². The molecule has 0 unspecified atom stereocenters. The largest absolute Gasteiger partial charge is 0.493 e. The molecule has 1 fully saturated rings. The van der Waals surface area contributed by atoms with E-state index in [0.717, 1.165) is 41.7 Å². The smallest absolute Gasteiger partial charge is 0.264 e. The van der Waals surface area contributed by atoms with Gasteiger partial charge in [0.25, 0.3) is 10.0 Å². The second kappa shape index (κ2) is 11.7. The van der Waals surface area contributed by atoms with E-state index in [1.54, 1.807) is 24.3 Å². The first kappa shape index (κ1) is 27.3. The van der Waals surface area contributed by atoms with Crippen LogP contribution in [0.5, 0.6) is 11.5 Å². The highest BCUT2D eigenvalue weighted by Gasteiger charge is 2.28. The molecule has 0 aliphatic carbocycles. The number of nitrogens with zero attached hydrogens (tertiary/aromatic N) is 3. The van der Waals surface area contributed by atoms with Crippen LogP contribution >= 0.6 is 0 Å². The zero-order valence-corrected chi connectivity index (χ0v) is 23.0. The maximum Gasteiger partial charge on any atom is 0.264 e. The Balaban J connectivity index is 1.55. The zero-order chi connectivity index (χ0) is 27.3. The Morgan fingerprint density at radius 1 is 0.895 bits per heavy atom. The predicted molar refractivity (Wildman–Crippen MR) is 150 cm³/mol. The average molecular weight is 539 g/mol. The third-order valence-electron chi connectivity index (χ3n) is 6.57. The lowest BCUT2D eigenvalue weighted by Gasteiger charge is -2.34. The van der Waals surface area contributed by atoms with Gasteiger partial charge in [-0.05, 0) is 62.5 Å². The van der Waals surface area contributed by atoms with Crippen molar-refractivity contribution in [3.05, 3.63) is 72.3 Å². The molecule has 3 aromatic rings. The minimum atomic E-state index is -4.11. The average Bonchev–Trinajstić information content (AvgIpc) is 2.92. The summed E-state index contributed by atoms with van der Waals surface area (Å²) in [7, 11) is 0.919. The van der Waals surface area contributed by atoms with Crippen molar-refractivity contribution in [1.29, 1.82) is 0 Å². The number of ether oxygens (including phenoxy) is 2. The number of benzene rings is 3. The van der Waals surface area contributed by atoms with Crippen molar-refractivity contribution in [3.63, 3.8) is 0 Å². The van der Waals surface area contributed by atoms with E-state index in [1.165, 1.54) is 32.4 Å². The number of carbonyl (C=O) groups excluding carboxylic acids is 1. The maximum absolute atomic E-state index is 13.8. The molecule has 1 heterocycles. The van der Waals surface area contributed by atoms with E-state index in [2.05, 4.69) is 22.2 Å². The Hall–Kier alpha value is -3.76. The Kier molecular flexibility index (Phi) is 8.43. The number of amides is 1. The van der Waals surface area contributed by atoms with E-state index < -0.39 is 22.5 Å². The second-order valence-corrected chi connectivity index (χ2v) is 11.1. The van der Waals surface area contributed by atoms with Crippen LogP contribution in [0.1, 0.15) is 5.56 Å². The number of rotatable bonds is 9. The summed E-state index contributed by atoms with van der Waals surface area (Å²) in [4.78, 5) is 17.7. The first-order chi connectivity index (χ1) is 18.2. The van der Waals surface area contributed by atoms with Gasteiger partial charge in [-0.3, -0.25) is 9.10 Å². The van der Waals surface area contributed by atoms with E-state index in [0.29, 0.717) is 17.1 Å². The summed E-state index contributed by atoms with van der Waals surface area (Å²) >= 11 is 0. The maximum atomic E-state index is 13.8. The lowest BCUT2D eigenvalue weighted by molar-refractivity contribution is -0.114. The standard InChI is InChI=1S/C28H34N4O5S/c1-21-5-9-24(10-6-21)32(38(34,35)25-13-14-26(36-3)27(19-25)37-4)20-28(33)29-22-7-11-23(12-8-22)31-17-15-30(2)16-18-31/h5-14,19H,15-18,20H2,1-4H3,(H,29,33). The Morgan fingerprint density at radius 2 is 1.53 bits per heavy atom. The molecule has 3 aromatic carbocycles. The van der Waals surface area contributed by atoms with Gasteiger partial charge in [0.05, 0.1) is 24.8 Å². The lowest BCUT2D eigenvalue weighted by atomic mass is 10.2. The molecule has 1 amide bonds. The first-order valence-electron chi connectivity index (χ1n) is 12.4. The molecule has 1 saturated heterocycles. The Bertz CT molecular complexity index is 1350. The summed E-state index contributed by atoms with van der Waals surface area (Å²) in [6.07, 6.45) is 0. The molecule has 0 atom stereocenters. The molecule has 0 spiro atoms. The molecule has 1 aliphatic rings. The summed E-state index contributed by atoms with van der Waals surface area (Å²) in [5.41, 5.74) is 3.04.